The van der Waals surface area contributed by atoms with Gasteiger partial charge in [-0.15, -0.1) is 0 Å². The SMILES string of the molecule is CC(C)C(CCBr)NS(=O)(=O)CC1CCCO1. The predicted octanol–water partition coefficient (Wildman–Crippen LogP) is 1.89. The van der Waals surface area contributed by atoms with Crippen LogP contribution in [0.5, 0.6) is 0 Å². The van der Waals surface area contributed by atoms with Crippen molar-refractivity contribution in [1.29, 1.82) is 0 Å². The summed E-state index contributed by atoms with van der Waals surface area (Å²) in [5.74, 6) is 0.394. The number of hydrogen-bond acceptors (Lipinski definition) is 3. The van der Waals surface area contributed by atoms with E-state index in [1.807, 2.05) is 13.8 Å². The molecule has 2 atom stereocenters. The first-order chi connectivity index (χ1) is 7.94. The molecule has 1 rings (SSSR count). The van der Waals surface area contributed by atoms with Crippen molar-refractivity contribution in [3.05, 3.63) is 0 Å². The summed E-state index contributed by atoms with van der Waals surface area (Å²) >= 11 is 3.35. The Morgan fingerprint density at radius 3 is 2.65 bits per heavy atom. The van der Waals surface area contributed by atoms with Crippen LogP contribution in [0.2, 0.25) is 0 Å². The van der Waals surface area contributed by atoms with Gasteiger partial charge in [-0.2, -0.15) is 0 Å². The molecule has 0 aromatic rings. The van der Waals surface area contributed by atoms with Gasteiger partial charge in [-0.05, 0) is 25.2 Å². The van der Waals surface area contributed by atoms with Crippen LogP contribution in [0, 0.1) is 5.92 Å². The zero-order valence-electron chi connectivity index (χ0n) is 10.5. The van der Waals surface area contributed by atoms with Crippen molar-refractivity contribution < 1.29 is 13.2 Å². The normalized spacial score (nSPS) is 23.2. The van der Waals surface area contributed by atoms with Gasteiger partial charge in [0.05, 0.1) is 11.9 Å². The van der Waals surface area contributed by atoms with Crippen LogP contribution < -0.4 is 4.72 Å². The van der Waals surface area contributed by atoms with Gasteiger partial charge >= 0.3 is 0 Å². The van der Waals surface area contributed by atoms with Crippen LogP contribution in [-0.4, -0.2) is 38.3 Å². The minimum absolute atomic E-state index is 0.000720. The van der Waals surface area contributed by atoms with Crippen molar-refractivity contribution in [2.45, 2.75) is 45.3 Å². The van der Waals surface area contributed by atoms with Gasteiger partial charge in [0.15, 0.2) is 0 Å². The lowest BCUT2D eigenvalue weighted by Crippen LogP contribution is -2.42. The van der Waals surface area contributed by atoms with Gasteiger partial charge in [-0.3, -0.25) is 0 Å². The zero-order chi connectivity index (χ0) is 12.9. The summed E-state index contributed by atoms with van der Waals surface area (Å²) in [6, 6.07) is 0.000720. The lowest BCUT2D eigenvalue weighted by atomic mass is 10.0. The van der Waals surface area contributed by atoms with E-state index in [0.29, 0.717) is 12.5 Å². The highest BCUT2D eigenvalue weighted by molar-refractivity contribution is 9.09. The maximum absolute atomic E-state index is 12.0. The second-order valence-electron chi connectivity index (χ2n) is 4.86. The first-order valence-corrected chi connectivity index (χ1v) is 8.89. The standard InChI is InChI=1S/C11H22BrNO3S/c1-9(2)11(5-6-12)13-17(14,15)8-10-4-3-7-16-10/h9-11,13H,3-8H2,1-2H3. The summed E-state index contributed by atoms with van der Waals surface area (Å²) in [6.45, 7) is 4.75. The highest BCUT2D eigenvalue weighted by atomic mass is 79.9. The number of hydrogen-bond donors (Lipinski definition) is 1. The van der Waals surface area contributed by atoms with Crippen molar-refractivity contribution in [2.75, 3.05) is 17.7 Å². The van der Waals surface area contributed by atoms with Crippen molar-refractivity contribution in [3.8, 4) is 0 Å². The van der Waals surface area contributed by atoms with Gasteiger partial charge in [0.25, 0.3) is 0 Å². The number of halogens is 1. The lowest BCUT2D eigenvalue weighted by molar-refractivity contribution is 0.127. The molecule has 102 valence electrons. The number of rotatable bonds is 7. The van der Waals surface area contributed by atoms with Crippen LogP contribution in [0.25, 0.3) is 0 Å². The molecule has 0 bridgehead atoms. The summed E-state index contributed by atoms with van der Waals surface area (Å²) in [7, 11) is -3.23. The van der Waals surface area contributed by atoms with Gasteiger partial charge < -0.3 is 4.74 Å². The van der Waals surface area contributed by atoms with E-state index in [-0.39, 0.29) is 17.9 Å². The van der Waals surface area contributed by atoms with E-state index in [2.05, 4.69) is 20.7 Å². The maximum atomic E-state index is 12.0. The Balaban J connectivity index is 2.50. The van der Waals surface area contributed by atoms with E-state index in [1.54, 1.807) is 0 Å². The molecule has 17 heavy (non-hydrogen) atoms. The second kappa shape index (κ2) is 7.07. The zero-order valence-corrected chi connectivity index (χ0v) is 12.9. The number of nitrogens with one attached hydrogen (secondary N) is 1. The van der Waals surface area contributed by atoms with Gasteiger partial charge in [0.1, 0.15) is 0 Å². The topological polar surface area (TPSA) is 55.4 Å². The summed E-state index contributed by atoms with van der Waals surface area (Å²) in [6.07, 6.45) is 2.51. The van der Waals surface area contributed by atoms with Crippen LogP contribution in [-0.2, 0) is 14.8 Å². The summed E-state index contributed by atoms with van der Waals surface area (Å²) in [4.78, 5) is 0. The smallest absolute Gasteiger partial charge is 0.214 e. The molecule has 1 heterocycles. The third-order valence-electron chi connectivity index (χ3n) is 2.99. The molecule has 0 aromatic carbocycles. The number of ether oxygens (including phenoxy) is 1. The van der Waals surface area contributed by atoms with Gasteiger partial charge in [0.2, 0.25) is 10.0 Å². The van der Waals surface area contributed by atoms with Crippen LogP contribution in [0.15, 0.2) is 0 Å². The predicted molar refractivity (Wildman–Crippen MR) is 72.9 cm³/mol. The van der Waals surface area contributed by atoms with Crippen molar-refractivity contribution >= 4 is 26.0 Å². The lowest BCUT2D eigenvalue weighted by Gasteiger charge is -2.22. The molecule has 6 heteroatoms. The Labute approximate surface area is 113 Å². The van der Waals surface area contributed by atoms with Crippen molar-refractivity contribution in [2.24, 2.45) is 5.92 Å². The fraction of sp³-hybridized carbons (Fsp3) is 1.00. The minimum atomic E-state index is -3.23. The Morgan fingerprint density at radius 1 is 1.47 bits per heavy atom. The molecule has 1 aliphatic heterocycles. The molecule has 2 unspecified atom stereocenters. The third-order valence-corrected chi connectivity index (χ3v) is 4.92. The molecule has 1 saturated heterocycles. The average molecular weight is 328 g/mol. The minimum Gasteiger partial charge on any atom is -0.377 e. The average Bonchev–Trinajstić information content (AvgIpc) is 2.68. The summed E-state index contributed by atoms with van der Waals surface area (Å²) in [5, 5.41) is 0.804. The van der Waals surface area contributed by atoms with Crippen LogP contribution in [0.3, 0.4) is 0 Å². The monoisotopic (exact) mass is 327 g/mol. The van der Waals surface area contributed by atoms with Crippen molar-refractivity contribution in [1.82, 2.24) is 4.72 Å². The fourth-order valence-corrected chi connectivity index (χ4v) is 4.14. The van der Waals surface area contributed by atoms with E-state index in [0.717, 1.165) is 24.6 Å². The Morgan fingerprint density at radius 2 is 2.18 bits per heavy atom. The van der Waals surface area contributed by atoms with Crippen LogP contribution in [0.1, 0.15) is 33.1 Å². The molecule has 4 nitrogen and oxygen atoms in total. The number of alkyl halides is 1. The fourth-order valence-electron chi connectivity index (χ4n) is 1.95. The molecule has 0 aromatic heterocycles. The van der Waals surface area contributed by atoms with Gasteiger partial charge in [-0.1, -0.05) is 29.8 Å². The molecule has 1 N–H and O–H groups in total. The van der Waals surface area contributed by atoms with E-state index in [1.165, 1.54) is 0 Å². The third kappa shape index (κ3) is 5.68. The molecule has 0 spiro atoms. The van der Waals surface area contributed by atoms with Gasteiger partial charge in [-0.25, -0.2) is 13.1 Å². The second-order valence-corrected chi connectivity index (χ2v) is 7.45. The first-order valence-electron chi connectivity index (χ1n) is 6.12. The Hall–Kier alpha value is 0.350. The Bertz CT molecular complexity index is 313. The highest BCUT2D eigenvalue weighted by Crippen LogP contribution is 2.15. The molecular weight excluding hydrogens is 306 g/mol. The molecule has 1 aliphatic rings. The maximum Gasteiger partial charge on any atom is 0.214 e. The van der Waals surface area contributed by atoms with Crippen LogP contribution in [0.4, 0.5) is 0 Å². The van der Waals surface area contributed by atoms with E-state index in [4.69, 9.17) is 4.74 Å². The summed E-state index contributed by atoms with van der Waals surface area (Å²) < 4.78 is 32.1. The highest BCUT2D eigenvalue weighted by Gasteiger charge is 2.26. The molecule has 0 amide bonds. The van der Waals surface area contributed by atoms with E-state index in [9.17, 15) is 8.42 Å². The molecular formula is C11H22BrNO3S. The number of sulfonamides is 1. The van der Waals surface area contributed by atoms with E-state index >= 15 is 0 Å². The van der Waals surface area contributed by atoms with Gasteiger partial charge in [0, 0.05) is 18.0 Å². The molecule has 0 radical (unpaired) electrons. The largest absolute Gasteiger partial charge is 0.377 e. The van der Waals surface area contributed by atoms with Crippen LogP contribution >= 0.6 is 15.9 Å². The van der Waals surface area contributed by atoms with Crippen molar-refractivity contribution in [3.63, 3.8) is 0 Å². The van der Waals surface area contributed by atoms with E-state index < -0.39 is 10.0 Å². The molecule has 0 aliphatic carbocycles. The molecule has 1 fully saturated rings. The molecule has 0 saturated carbocycles. The Kier molecular flexibility index (Phi) is 6.40. The quantitative estimate of drug-likeness (QED) is 0.726. The first kappa shape index (κ1) is 15.4. The summed E-state index contributed by atoms with van der Waals surface area (Å²) in [5.41, 5.74) is 0.